The normalized spacial score (nSPS) is 15.4. The predicted octanol–water partition coefficient (Wildman–Crippen LogP) is 1.79. The van der Waals surface area contributed by atoms with Gasteiger partial charge in [0.15, 0.2) is 0 Å². The third-order valence-electron chi connectivity index (χ3n) is 2.86. The Labute approximate surface area is 114 Å². The number of carbonyl (C=O) groups excluding carboxylic acids is 2. The van der Waals surface area contributed by atoms with E-state index in [1.54, 1.807) is 6.92 Å². The molecule has 1 aliphatic rings. The van der Waals surface area contributed by atoms with Crippen molar-refractivity contribution in [2.75, 3.05) is 11.4 Å². The molecule has 1 aromatic carbocycles. The number of nitrogens with zero attached hydrogens (tertiary/aromatic N) is 1. The molecule has 0 radical (unpaired) electrons. The number of amides is 3. The fraction of sp³-hybridized carbons (Fsp3) is 0.250. The van der Waals surface area contributed by atoms with E-state index in [0.29, 0.717) is 11.3 Å². The molecular formula is C12H11ClN2O4. The number of hydrogen-bond donors (Lipinski definition) is 2. The molecule has 7 heteroatoms. The SMILES string of the molecule is Cc1cc(Cl)c(C(=O)O)cc1N1CCC(=O)NC1=O. The Kier molecular flexibility index (Phi) is 3.44. The molecule has 1 aliphatic heterocycles. The highest BCUT2D eigenvalue weighted by Gasteiger charge is 2.26. The summed E-state index contributed by atoms with van der Waals surface area (Å²) >= 11 is 5.84. The first kappa shape index (κ1) is 13.4. The van der Waals surface area contributed by atoms with Gasteiger partial charge in [-0.1, -0.05) is 11.6 Å². The molecule has 100 valence electrons. The third kappa shape index (κ3) is 2.53. The zero-order valence-corrected chi connectivity index (χ0v) is 10.8. The standard InChI is InChI=1S/C12H11ClN2O4/c1-6-4-8(13)7(11(17)18)5-9(6)15-3-2-10(16)14-12(15)19/h4-5H,2-3H2,1H3,(H,17,18)(H,14,16,19). The van der Waals surface area contributed by atoms with Crippen molar-refractivity contribution in [3.63, 3.8) is 0 Å². The van der Waals surface area contributed by atoms with E-state index >= 15 is 0 Å². The molecule has 1 fully saturated rings. The minimum Gasteiger partial charge on any atom is -0.478 e. The number of carboxylic acids is 1. The van der Waals surface area contributed by atoms with Crippen LogP contribution in [0.2, 0.25) is 5.02 Å². The van der Waals surface area contributed by atoms with Crippen molar-refractivity contribution in [3.05, 3.63) is 28.3 Å². The number of aromatic carboxylic acids is 1. The lowest BCUT2D eigenvalue weighted by Gasteiger charge is -2.28. The number of imide groups is 1. The first-order valence-corrected chi connectivity index (χ1v) is 5.92. The number of hydrogen-bond acceptors (Lipinski definition) is 3. The van der Waals surface area contributed by atoms with Crippen molar-refractivity contribution < 1.29 is 19.5 Å². The summed E-state index contributed by atoms with van der Waals surface area (Å²) in [6.07, 6.45) is 0.177. The molecule has 1 saturated heterocycles. The molecule has 0 saturated carbocycles. The zero-order valence-electron chi connectivity index (χ0n) is 10.1. The quantitative estimate of drug-likeness (QED) is 0.866. The minimum absolute atomic E-state index is 0.0769. The van der Waals surface area contributed by atoms with E-state index in [2.05, 4.69) is 5.32 Å². The molecule has 3 amide bonds. The number of rotatable bonds is 2. The number of carboxylic acid groups (broad SMARTS) is 1. The second-order valence-electron chi connectivity index (χ2n) is 4.18. The van der Waals surface area contributed by atoms with Crippen molar-refractivity contribution in [1.29, 1.82) is 0 Å². The van der Waals surface area contributed by atoms with E-state index in [-0.39, 0.29) is 29.5 Å². The van der Waals surface area contributed by atoms with Crippen LogP contribution in [-0.2, 0) is 4.79 Å². The maximum atomic E-state index is 11.7. The molecule has 0 aromatic heterocycles. The number of anilines is 1. The number of carbonyl (C=O) groups is 3. The molecule has 6 nitrogen and oxygen atoms in total. The summed E-state index contributed by atoms with van der Waals surface area (Å²) in [4.78, 5) is 35.2. The highest BCUT2D eigenvalue weighted by molar-refractivity contribution is 6.33. The second kappa shape index (κ2) is 4.89. The fourth-order valence-corrected chi connectivity index (χ4v) is 2.21. The lowest BCUT2D eigenvalue weighted by Crippen LogP contribution is -2.49. The molecule has 19 heavy (non-hydrogen) atoms. The van der Waals surface area contributed by atoms with Crippen LogP contribution in [0.25, 0.3) is 0 Å². The van der Waals surface area contributed by atoms with Gasteiger partial charge in [-0.2, -0.15) is 0 Å². The van der Waals surface area contributed by atoms with Gasteiger partial charge in [0, 0.05) is 18.7 Å². The van der Waals surface area contributed by atoms with E-state index in [4.69, 9.17) is 16.7 Å². The second-order valence-corrected chi connectivity index (χ2v) is 4.59. The Morgan fingerprint density at radius 2 is 2.11 bits per heavy atom. The highest BCUT2D eigenvalue weighted by atomic mass is 35.5. The Morgan fingerprint density at radius 1 is 1.42 bits per heavy atom. The van der Waals surface area contributed by atoms with Gasteiger partial charge < -0.3 is 5.11 Å². The van der Waals surface area contributed by atoms with Crippen molar-refractivity contribution in [2.45, 2.75) is 13.3 Å². The van der Waals surface area contributed by atoms with Crippen LogP contribution in [0, 0.1) is 6.92 Å². The van der Waals surface area contributed by atoms with Gasteiger partial charge in [0.2, 0.25) is 5.91 Å². The molecular weight excluding hydrogens is 272 g/mol. The van der Waals surface area contributed by atoms with Crippen LogP contribution in [-0.4, -0.2) is 29.6 Å². The smallest absolute Gasteiger partial charge is 0.337 e. The summed E-state index contributed by atoms with van der Waals surface area (Å²) in [6.45, 7) is 1.93. The van der Waals surface area contributed by atoms with Crippen LogP contribution < -0.4 is 10.2 Å². The summed E-state index contributed by atoms with van der Waals surface area (Å²) in [5.41, 5.74) is 1.03. The van der Waals surface area contributed by atoms with Crippen LogP contribution >= 0.6 is 11.6 Å². The van der Waals surface area contributed by atoms with Crippen molar-refractivity contribution in [2.24, 2.45) is 0 Å². The number of halogens is 1. The largest absolute Gasteiger partial charge is 0.478 e. The first-order valence-electron chi connectivity index (χ1n) is 5.55. The molecule has 1 aromatic rings. The predicted molar refractivity (Wildman–Crippen MR) is 68.7 cm³/mol. The number of aryl methyl sites for hydroxylation is 1. The van der Waals surface area contributed by atoms with E-state index in [1.807, 2.05) is 0 Å². The van der Waals surface area contributed by atoms with Gasteiger partial charge in [0.1, 0.15) is 0 Å². The van der Waals surface area contributed by atoms with E-state index in [1.165, 1.54) is 17.0 Å². The molecule has 1 heterocycles. The monoisotopic (exact) mass is 282 g/mol. The Balaban J connectivity index is 2.44. The molecule has 0 unspecified atom stereocenters. The average molecular weight is 283 g/mol. The van der Waals surface area contributed by atoms with Gasteiger partial charge >= 0.3 is 12.0 Å². The number of urea groups is 1. The fourth-order valence-electron chi connectivity index (χ4n) is 1.91. The van der Waals surface area contributed by atoms with Gasteiger partial charge in [0.05, 0.1) is 10.6 Å². The van der Waals surface area contributed by atoms with E-state index in [0.717, 1.165) is 0 Å². The van der Waals surface area contributed by atoms with E-state index < -0.39 is 12.0 Å². The van der Waals surface area contributed by atoms with Gasteiger partial charge in [-0.15, -0.1) is 0 Å². The van der Waals surface area contributed by atoms with Crippen LogP contribution in [0.1, 0.15) is 22.3 Å². The lowest BCUT2D eigenvalue weighted by molar-refractivity contribution is -0.120. The Bertz CT molecular complexity index is 585. The van der Waals surface area contributed by atoms with Gasteiger partial charge in [0.25, 0.3) is 0 Å². The Morgan fingerprint density at radius 3 is 2.68 bits per heavy atom. The van der Waals surface area contributed by atoms with Crippen molar-refractivity contribution >= 4 is 35.2 Å². The van der Waals surface area contributed by atoms with Crippen LogP contribution in [0.3, 0.4) is 0 Å². The summed E-state index contributed by atoms with van der Waals surface area (Å²) in [5.74, 6) is -1.51. The Hall–Kier alpha value is -2.08. The van der Waals surface area contributed by atoms with Crippen LogP contribution in [0.5, 0.6) is 0 Å². The van der Waals surface area contributed by atoms with Crippen LogP contribution in [0.4, 0.5) is 10.5 Å². The summed E-state index contributed by atoms with van der Waals surface area (Å²) in [5, 5.41) is 11.3. The first-order chi connectivity index (χ1) is 8.90. The highest BCUT2D eigenvalue weighted by Crippen LogP contribution is 2.28. The topological polar surface area (TPSA) is 86.7 Å². The molecule has 0 aliphatic carbocycles. The summed E-state index contributed by atoms with van der Waals surface area (Å²) in [6, 6.07) is 2.28. The van der Waals surface area contributed by atoms with Gasteiger partial charge in [-0.05, 0) is 24.6 Å². The zero-order chi connectivity index (χ0) is 14.2. The van der Waals surface area contributed by atoms with Crippen molar-refractivity contribution in [1.82, 2.24) is 5.32 Å². The maximum Gasteiger partial charge on any atom is 0.337 e. The van der Waals surface area contributed by atoms with Gasteiger partial charge in [-0.25, -0.2) is 9.59 Å². The lowest BCUT2D eigenvalue weighted by atomic mass is 10.1. The molecule has 2 N–H and O–H groups in total. The van der Waals surface area contributed by atoms with Crippen LogP contribution in [0.15, 0.2) is 12.1 Å². The number of benzene rings is 1. The van der Waals surface area contributed by atoms with Crippen molar-refractivity contribution in [3.8, 4) is 0 Å². The minimum atomic E-state index is -1.17. The molecule has 0 spiro atoms. The average Bonchev–Trinajstić information content (AvgIpc) is 2.30. The summed E-state index contributed by atoms with van der Waals surface area (Å²) < 4.78 is 0. The van der Waals surface area contributed by atoms with Gasteiger partial charge in [-0.3, -0.25) is 15.0 Å². The molecule has 0 bridgehead atoms. The molecule has 2 rings (SSSR count). The summed E-state index contributed by atoms with van der Waals surface area (Å²) in [7, 11) is 0. The maximum absolute atomic E-state index is 11.7. The van der Waals surface area contributed by atoms with E-state index in [9.17, 15) is 14.4 Å². The third-order valence-corrected chi connectivity index (χ3v) is 3.17. The molecule has 0 atom stereocenters. The number of nitrogens with one attached hydrogen (secondary N) is 1.